The highest BCUT2D eigenvalue weighted by Gasteiger charge is 2.28. The van der Waals surface area contributed by atoms with Gasteiger partial charge in [0.1, 0.15) is 5.69 Å². The number of nitrogens with zero attached hydrogens (tertiary/aromatic N) is 4. The average Bonchev–Trinajstić information content (AvgIpc) is 3.38. The molecule has 5 heteroatoms. The molecule has 1 amide bonds. The standard InChI is InChI=1S/C22H24N4O/c1-17-7-11-20(12-8-17)21-15-23-26(24-21)22(27)25(16-19-9-10-19)14-13-18-5-3-2-4-6-18/h2-8,11-12,15,19H,9-10,13-14,16H2,1H3. The van der Waals surface area contributed by atoms with E-state index in [0.717, 1.165) is 24.2 Å². The van der Waals surface area contributed by atoms with E-state index in [1.54, 1.807) is 6.20 Å². The first kappa shape index (κ1) is 17.5. The second-order valence-electron chi connectivity index (χ2n) is 7.29. The van der Waals surface area contributed by atoms with E-state index in [1.165, 1.54) is 28.8 Å². The predicted molar refractivity (Wildman–Crippen MR) is 105 cm³/mol. The van der Waals surface area contributed by atoms with Crippen molar-refractivity contribution >= 4 is 6.03 Å². The number of carbonyl (C=O) groups is 1. The Morgan fingerprint density at radius 1 is 1.11 bits per heavy atom. The Hall–Kier alpha value is -2.95. The van der Waals surface area contributed by atoms with Gasteiger partial charge in [0.15, 0.2) is 0 Å². The van der Waals surface area contributed by atoms with E-state index in [-0.39, 0.29) is 6.03 Å². The van der Waals surface area contributed by atoms with Gasteiger partial charge >= 0.3 is 6.03 Å². The third-order valence-corrected chi connectivity index (χ3v) is 4.97. The molecule has 0 bridgehead atoms. The van der Waals surface area contributed by atoms with Gasteiger partial charge in [0.05, 0.1) is 6.20 Å². The highest BCUT2D eigenvalue weighted by molar-refractivity contribution is 5.75. The second kappa shape index (κ2) is 7.74. The van der Waals surface area contributed by atoms with E-state index in [1.807, 2.05) is 54.3 Å². The number of rotatable bonds is 6. The van der Waals surface area contributed by atoms with E-state index < -0.39 is 0 Å². The van der Waals surface area contributed by atoms with Gasteiger partial charge in [-0.05, 0) is 37.7 Å². The summed E-state index contributed by atoms with van der Waals surface area (Å²) in [5, 5.41) is 8.66. The molecular weight excluding hydrogens is 336 g/mol. The van der Waals surface area contributed by atoms with E-state index in [2.05, 4.69) is 22.3 Å². The first-order valence-corrected chi connectivity index (χ1v) is 9.51. The molecule has 1 aromatic heterocycles. The predicted octanol–water partition coefficient (Wildman–Crippen LogP) is 4.18. The minimum absolute atomic E-state index is 0.142. The molecule has 4 rings (SSSR count). The topological polar surface area (TPSA) is 51.0 Å². The SMILES string of the molecule is Cc1ccc(-c2cnn(C(=O)N(CCc3ccccc3)CC3CC3)n2)cc1. The quantitative estimate of drug-likeness (QED) is 0.663. The van der Waals surface area contributed by atoms with E-state index in [0.29, 0.717) is 12.5 Å². The zero-order valence-electron chi connectivity index (χ0n) is 15.6. The lowest BCUT2D eigenvalue weighted by molar-refractivity contribution is 0.190. The molecule has 0 spiro atoms. The smallest absolute Gasteiger partial charge is 0.321 e. The summed E-state index contributed by atoms with van der Waals surface area (Å²) in [5.41, 5.74) is 4.12. The van der Waals surface area contributed by atoms with Crippen molar-refractivity contribution in [3.8, 4) is 11.3 Å². The van der Waals surface area contributed by atoms with Crippen molar-refractivity contribution < 1.29 is 4.79 Å². The molecule has 0 radical (unpaired) electrons. The van der Waals surface area contributed by atoms with Crippen molar-refractivity contribution in [2.24, 2.45) is 5.92 Å². The fourth-order valence-corrected chi connectivity index (χ4v) is 3.12. The van der Waals surface area contributed by atoms with Gasteiger partial charge in [-0.1, -0.05) is 65.0 Å². The van der Waals surface area contributed by atoms with Crippen LogP contribution in [0.5, 0.6) is 0 Å². The third kappa shape index (κ3) is 4.42. The summed E-state index contributed by atoms with van der Waals surface area (Å²) in [4.78, 5) is 16.1. The number of hydrogen-bond acceptors (Lipinski definition) is 3. The molecule has 1 fully saturated rings. The minimum Gasteiger partial charge on any atom is -0.321 e. The summed E-state index contributed by atoms with van der Waals surface area (Å²) >= 11 is 0. The van der Waals surface area contributed by atoms with Gasteiger partial charge in [-0.15, -0.1) is 5.10 Å². The van der Waals surface area contributed by atoms with Crippen molar-refractivity contribution in [1.82, 2.24) is 19.9 Å². The Morgan fingerprint density at radius 2 is 1.85 bits per heavy atom. The van der Waals surface area contributed by atoms with Gasteiger partial charge in [-0.3, -0.25) is 0 Å². The van der Waals surface area contributed by atoms with E-state index in [9.17, 15) is 4.79 Å². The average molecular weight is 360 g/mol. The Bertz CT molecular complexity index is 898. The normalized spacial score (nSPS) is 13.5. The molecule has 2 aromatic carbocycles. The Balaban J connectivity index is 1.48. The van der Waals surface area contributed by atoms with Crippen LogP contribution in [-0.2, 0) is 6.42 Å². The van der Waals surface area contributed by atoms with Crippen LogP contribution in [-0.4, -0.2) is 39.0 Å². The number of benzene rings is 2. The van der Waals surface area contributed by atoms with Crippen LogP contribution in [0.1, 0.15) is 24.0 Å². The van der Waals surface area contributed by atoms with Crippen molar-refractivity contribution in [3.63, 3.8) is 0 Å². The fourth-order valence-electron chi connectivity index (χ4n) is 3.12. The van der Waals surface area contributed by atoms with Gasteiger partial charge in [0.25, 0.3) is 0 Å². The van der Waals surface area contributed by atoms with Crippen LogP contribution in [0, 0.1) is 12.8 Å². The maximum absolute atomic E-state index is 13.0. The van der Waals surface area contributed by atoms with Crippen molar-refractivity contribution in [2.75, 3.05) is 13.1 Å². The summed E-state index contributed by atoms with van der Waals surface area (Å²) in [5.74, 6) is 0.622. The minimum atomic E-state index is -0.142. The number of hydrogen-bond donors (Lipinski definition) is 0. The molecule has 0 atom stereocenters. The maximum atomic E-state index is 13.0. The molecule has 1 saturated carbocycles. The molecule has 0 N–H and O–H groups in total. The molecule has 0 saturated heterocycles. The molecule has 1 heterocycles. The number of carbonyl (C=O) groups excluding carboxylic acids is 1. The number of amides is 1. The summed E-state index contributed by atoms with van der Waals surface area (Å²) in [7, 11) is 0. The molecular formula is C22H24N4O. The van der Waals surface area contributed by atoms with Gasteiger partial charge in [-0.2, -0.15) is 5.10 Å². The lowest BCUT2D eigenvalue weighted by Crippen LogP contribution is -2.38. The summed E-state index contributed by atoms with van der Waals surface area (Å²) in [6.45, 7) is 3.51. The van der Waals surface area contributed by atoms with Gasteiger partial charge < -0.3 is 4.90 Å². The van der Waals surface area contributed by atoms with Crippen molar-refractivity contribution in [1.29, 1.82) is 0 Å². The number of aromatic nitrogens is 3. The van der Waals surface area contributed by atoms with Crippen LogP contribution in [0.25, 0.3) is 11.3 Å². The zero-order chi connectivity index (χ0) is 18.6. The number of aryl methyl sites for hydroxylation is 1. The van der Waals surface area contributed by atoms with Crippen molar-refractivity contribution in [3.05, 3.63) is 71.9 Å². The van der Waals surface area contributed by atoms with Gasteiger partial charge in [0.2, 0.25) is 0 Å². The zero-order valence-corrected chi connectivity index (χ0v) is 15.6. The largest absolute Gasteiger partial charge is 0.362 e. The van der Waals surface area contributed by atoms with E-state index in [4.69, 9.17) is 0 Å². The summed E-state index contributed by atoms with van der Waals surface area (Å²) < 4.78 is 0. The first-order valence-electron chi connectivity index (χ1n) is 9.51. The molecule has 0 aliphatic heterocycles. The highest BCUT2D eigenvalue weighted by atomic mass is 16.2. The Kier molecular flexibility index (Phi) is 5.01. The van der Waals surface area contributed by atoms with Crippen LogP contribution in [0.3, 0.4) is 0 Å². The molecule has 27 heavy (non-hydrogen) atoms. The fraction of sp³-hybridized carbons (Fsp3) is 0.318. The van der Waals surface area contributed by atoms with Crippen LogP contribution in [0.15, 0.2) is 60.8 Å². The van der Waals surface area contributed by atoms with E-state index >= 15 is 0 Å². The maximum Gasteiger partial charge on any atom is 0.362 e. The lowest BCUT2D eigenvalue weighted by atomic mass is 10.1. The van der Waals surface area contributed by atoms with Gasteiger partial charge in [0, 0.05) is 18.7 Å². The summed E-state index contributed by atoms with van der Waals surface area (Å²) in [6.07, 6.45) is 4.91. The third-order valence-electron chi connectivity index (χ3n) is 4.97. The lowest BCUT2D eigenvalue weighted by Gasteiger charge is -2.21. The van der Waals surface area contributed by atoms with Crippen LogP contribution >= 0.6 is 0 Å². The van der Waals surface area contributed by atoms with Gasteiger partial charge in [-0.25, -0.2) is 4.79 Å². The highest BCUT2D eigenvalue weighted by Crippen LogP contribution is 2.30. The van der Waals surface area contributed by atoms with Crippen LogP contribution < -0.4 is 0 Å². The molecule has 5 nitrogen and oxygen atoms in total. The van der Waals surface area contributed by atoms with Crippen LogP contribution in [0.4, 0.5) is 4.79 Å². The van der Waals surface area contributed by atoms with Crippen LogP contribution in [0.2, 0.25) is 0 Å². The first-order chi connectivity index (χ1) is 13.2. The Labute approximate surface area is 159 Å². The second-order valence-corrected chi connectivity index (χ2v) is 7.29. The molecule has 138 valence electrons. The molecule has 1 aliphatic rings. The Morgan fingerprint density at radius 3 is 2.56 bits per heavy atom. The summed E-state index contributed by atoms with van der Waals surface area (Å²) in [6, 6.07) is 18.2. The molecule has 0 unspecified atom stereocenters. The molecule has 3 aromatic rings. The molecule has 1 aliphatic carbocycles. The monoisotopic (exact) mass is 360 g/mol. The van der Waals surface area contributed by atoms with Crippen molar-refractivity contribution in [2.45, 2.75) is 26.2 Å².